The van der Waals surface area contributed by atoms with Crippen LogP contribution in [0, 0.1) is 13.8 Å². The molecule has 0 radical (unpaired) electrons. The molecule has 13 heavy (non-hydrogen) atoms. The molecule has 1 rings (SSSR count). The molecule has 0 atom stereocenters. The Morgan fingerprint density at radius 3 is 2.85 bits per heavy atom. The lowest BCUT2D eigenvalue weighted by atomic mass is 10.3. The van der Waals surface area contributed by atoms with Crippen molar-refractivity contribution in [3.05, 3.63) is 17.6 Å². The predicted molar refractivity (Wildman–Crippen MR) is 51.9 cm³/mol. The molecular formula is C10H16N2O. The van der Waals surface area contributed by atoms with Gasteiger partial charge in [-0.1, -0.05) is 13.3 Å². The number of hydrogen-bond acceptors (Lipinski definition) is 3. The van der Waals surface area contributed by atoms with Gasteiger partial charge < -0.3 is 4.74 Å². The molecule has 0 aromatic carbocycles. The van der Waals surface area contributed by atoms with E-state index in [1.54, 1.807) is 6.20 Å². The van der Waals surface area contributed by atoms with Crippen molar-refractivity contribution in [1.82, 2.24) is 9.97 Å². The highest BCUT2D eigenvalue weighted by molar-refractivity contribution is 5.17. The summed E-state index contributed by atoms with van der Waals surface area (Å²) in [5, 5.41) is 0. The molecule has 0 bridgehead atoms. The SMILES string of the molecule is CCCCOc1nc(C)cnc1C. The van der Waals surface area contributed by atoms with Crippen molar-refractivity contribution in [3.8, 4) is 5.88 Å². The molecule has 0 N–H and O–H groups in total. The van der Waals surface area contributed by atoms with Gasteiger partial charge in [0, 0.05) is 6.20 Å². The predicted octanol–water partition coefficient (Wildman–Crippen LogP) is 2.27. The molecule has 0 fully saturated rings. The third-order valence-electron chi connectivity index (χ3n) is 1.77. The van der Waals surface area contributed by atoms with Gasteiger partial charge in [-0.2, -0.15) is 0 Å². The Balaban J connectivity index is 2.59. The molecule has 1 aromatic rings. The van der Waals surface area contributed by atoms with Crippen molar-refractivity contribution in [1.29, 1.82) is 0 Å². The zero-order valence-electron chi connectivity index (χ0n) is 8.50. The fraction of sp³-hybridized carbons (Fsp3) is 0.600. The number of aryl methyl sites for hydroxylation is 2. The van der Waals surface area contributed by atoms with Crippen molar-refractivity contribution in [2.75, 3.05) is 6.61 Å². The first-order valence-electron chi connectivity index (χ1n) is 4.67. The van der Waals surface area contributed by atoms with Gasteiger partial charge in [0.05, 0.1) is 18.0 Å². The minimum Gasteiger partial charge on any atom is -0.476 e. The molecule has 0 aliphatic heterocycles. The Labute approximate surface area is 79.2 Å². The zero-order valence-corrected chi connectivity index (χ0v) is 8.50. The summed E-state index contributed by atoms with van der Waals surface area (Å²) in [6.07, 6.45) is 3.95. The van der Waals surface area contributed by atoms with Crippen molar-refractivity contribution in [2.24, 2.45) is 0 Å². The van der Waals surface area contributed by atoms with Crippen molar-refractivity contribution < 1.29 is 4.74 Å². The van der Waals surface area contributed by atoms with Crippen LogP contribution in [0.15, 0.2) is 6.20 Å². The van der Waals surface area contributed by atoms with Crippen LogP contribution in [0.3, 0.4) is 0 Å². The van der Waals surface area contributed by atoms with E-state index in [0.717, 1.165) is 30.8 Å². The molecule has 0 amide bonds. The van der Waals surface area contributed by atoms with Gasteiger partial charge in [0.15, 0.2) is 0 Å². The molecule has 0 unspecified atom stereocenters. The van der Waals surface area contributed by atoms with Gasteiger partial charge in [0.25, 0.3) is 0 Å². The number of ether oxygens (including phenoxy) is 1. The molecule has 1 aromatic heterocycles. The second-order valence-electron chi connectivity index (χ2n) is 3.10. The number of hydrogen-bond donors (Lipinski definition) is 0. The molecule has 1 heterocycles. The summed E-state index contributed by atoms with van der Waals surface area (Å²) >= 11 is 0. The summed E-state index contributed by atoms with van der Waals surface area (Å²) in [7, 11) is 0. The van der Waals surface area contributed by atoms with E-state index in [4.69, 9.17) is 4.74 Å². The maximum absolute atomic E-state index is 5.48. The van der Waals surface area contributed by atoms with Crippen LogP contribution in [0.25, 0.3) is 0 Å². The van der Waals surface area contributed by atoms with Gasteiger partial charge in [-0.25, -0.2) is 4.98 Å². The fourth-order valence-corrected chi connectivity index (χ4v) is 0.965. The van der Waals surface area contributed by atoms with Crippen molar-refractivity contribution >= 4 is 0 Å². The van der Waals surface area contributed by atoms with Gasteiger partial charge in [0.1, 0.15) is 0 Å². The van der Waals surface area contributed by atoms with E-state index in [9.17, 15) is 0 Å². The molecule has 72 valence electrons. The summed E-state index contributed by atoms with van der Waals surface area (Å²) in [5.41, 5.74) is 1.76. The Morgan fingerprint density at radius 2 is 2.15 bits per heavy atom. The first-order chi connectivity index (χ1) is 6.24. The van der Waals surface area contributed by atoms with Crippen molar-refractivity contribution in [2.45, 2.75) is 33.6 Å². The second kappa shape index (κ2) is 4.80. The number of nitrogens with zero attached hydrogens (tertiary/aromatic N) is 2. The van der Waals surface area contributed by atoms with Crippen LogP contribution >= 0.6 is 0 Å². The van der Waals surface area contributed by atoms with Gasteiger partial charge in [-0.05, 0) is 20.3 Å². The summed E-state index contributed by atoms with van der Waals surface area (Å²) in [5.74, 6) is 0.674. The van der Waals surface area contributed by atoms with E-state index in [1.165, 1.54) is 0 Å². The highest BCUT2D eigenvalue weighted by Gasteiger charge is 2.01. The first-order valence-corrected chi connectivity index (χ1v) is 4.67. The Morgan fingerprint density at radius 1 is 1.38 bits per heavy atom. The summed E-state index contributed by atoms with van der Waals surface area (Å²) in [4.78, 5) is 8.43. The van der Waals surface area contributed by atoms with E-state index in [-0.39, 0.29) is 0 Å². The van der Waals surface area contributed by atoms with Crippen molar-refractivity contribution in [3.63, 3.8) is 0 Å². The largest absolute Gasteiger partial charge is 0.476 e. The van der Waals surface area contributed by atoms with Crippen LogP contribution in [0.5, 0.6) is 5.88 Å². The van der Waals surface area contributed by atoms with E-state index >= 15 is 0 Å². The lowest BCUT2D eigenvalue weighted by Crippen LogP contribution is -2.02. The van der Waals surface area contributed by atoms with E-state index < -0.39 is 0 Å². The minimum absolute atomic E-state index is 0.674. The second-order valence-corrected chi connectivity index (χ2v) is 3.10. The summed E-state index contributed by atoms with van der Waals surface area (Å²) < 4.78 is 5.48. The van der Waals surface area contributed by atoms with Crippen LogP contribution in [-0.4, -0.2) is 16.6 Å². The third kappa shape index (κ3) is 3.01. The molecule has 0 aliphatic rings. The molecule has 0 saturated heterocycles. The first kappa shape index (κ1) is 9.96. The normalized spacial score (nSPS) is 10.1. The van der Waals surface area contributed by atoms with E-state index in [1.807, 2.05) is 13.8 Å². The number of unbranched alkanes of at least 4 members (excludes halogenated alkanes) is 1. The maximum Gasteiger partial charge on any atom is 0.235 e. The van der Waals surface area contributed by atoms with Crippen LogP contribution in [0.1, 0.15) is 31.2 Å². The smallest absolute Gasteiger partial charge is 0.235 e. The lowest BCUT2D eigenvalue weighted by molar-refractivity contribution is 0.293. The van der Waals surface area contributed by atoms with Crippen LogP contribution in [-0.2, 0) is 0 Å². The zero-order chi connectivity index (χ0) is 9.68. The summed E-state index contributed by atoms with van der Waals surface area (Å²) in [6.45, 7) is 6.69. The van der Waals surface area contributed by atoms with Gasteiger partial charge in [0.2, 0.25) is 5.88 Å². The maximum atomic E-state index is 5.48. The number of rotatable bonds is 4. The lowest BCUT2D eigenvalue weighted by Gasteiger charge is -2.06. The molecule has 0 spiro atoms. The highest BCUT2D eigenvalue weighted by Crippen LogP contribution is 2.11. The quantitative estimate of drug-likeness (QED) is 0.667. The van der Waals surface area contributed by atoms with Crippen LogP contribution in [0.2, 0.25) is 0 Å². The van der Waals surface area contributed by atoms with Gasteiger partial charge >= 0.3 is 0 Å². The van der Waals surface area contributed by atoms with Crippen LogP contribution < -0.4 is 4.74 Å². The number of aromatic nitrogens is 2. The van der Waals surface area contributed by atoms with E-state index in [2.05, 4.69) is 16.9 Å². The standard InChI is InChI=1S/C10H16N2O/c1-4-5-6-13-10-9(3)11-7-8(2)12-10/h7H,4-6H2,1-3H3. The summed E-state index contributed by atoms with van der Waals surface area (Å²) in [6, 6.07) is 0. The molecule has 3 nitrogen and oxygen atoms in total. The van der Waals surface area contributed by atoms with Gasteiger partial charge in [-0.3, -0.25) is 4.98 Å². The average molecular weight is 180 g/mol. The minimum atomic E-state index is 0.674. The Kier molecular flexibility index (Phi) is 3.68. The monoisotopic (exact) mass is 180 g/mol. The van der Waals surface area contributed by atoms with Gasteiger partial charge in [-0.15, -0.1) is 0 Å². The molecule has 0 saturated carbocycles. The highest BCUT2D eigenvalue weighted by atomic mass is 16.5. The fourth-order valence-electron chi connectivity index (χ4n) is 0.965. The third-order valence-corrected chi connectivity index (χ3v) is 1.77. The van der Waals surface area contributed by atoms with Crippen LogP contribution in [0.4, 0.5) is 0 Å². The average Bonchev–Trinajstić information content (AvgIpc) is 2.11. The topological polar surface area (TPSA) is 35.0 Å². The molecular weight excluding hydrogens is 164 g/mol. The van der Waals surface area contributed by atoms with E-state index in [0.29, 0.717) is 5.88 Å². The Bertz CT molecular complexity index is 274. The molecule has 0 aliphatic carbocycles. The molecule has 3 heteroatoms. The Hall–Kier alpha value is -1.12.